The molecule has 0 radical (unpaired) electrons. The van der Waals surface area contributed by atoms with Crippen molar-refractivity contribution in [1.29, 1.82) is 0 Å². The maximum atomic E-state index is 3.90. The van der Waals surface area contributed by atoms with Gasteiger partial charge in [-0.15, -0.1) is 0 Å². The van der Waals surface area contributed by atoms with Gasteiger partial charge in [0.1, 0.15) is 0 Å². The molecule has 0 aromatic rings. The Morgan fingerprint density at radius 2 is 1.45 bits per heavy atom. The largest absolute Gasteiger partial charge is 0.0922 e. The summed E-state index contributed by atoms with van der Waals surface area (Å²) < 4.78 is 0. The Balaban J connectivity index is 2.83. The monoisotopic (exact) mass is 436 g/mol. The first-order valence-corrected chi connectivity index (χ1v) is 11.4. The van der Waals surface area contributed by atoms with E-state index in [1.807, 2.05) is 0 Å². The quantitative estimate of drug-likeness (QED) is 0.389. The normalized spacial score (nSPS) is 29.9. The van der Waals surface area contributed by atoms with Gasteiger partial charge in [-0.05, 0) is 48.3 Å². The van der Waals surface area contributed by atoms with E-state index < -0.39 is 0 Å². The molecule has 2 heteroatoms. The van der Waals surface area contributed by atoms with Crippen LogP contribution in [0.15, 0.2) is 0 Å². The van der Waals surface area contributed by atoms with Crippen molar-refractivity contribution in [3.8, 4) is 0 Å². The molecule has 0 bridgehead atoms. The van der Waals surface area contributed by atoms with Crippen LogP contribution in [0.2, 0.25) is 0 Å². The SMILES string of the molecule is CC(C)(CBr)CC(C)(C)C1(C)CCCCCCC(Br)CCC1. The van der Waals surface area contributed by atoms with Crippen LogP contribution in [0.5, 0.6) is 0 Å². The summed E-state index contributed by atoms with van der Waals surface area (Å²) in [6, 6.07) is 0. The van der Waals surface area contributed by atoms with Crippen LogP contribution in [0.1, 0.15) is 98.8 Å². The maximum absolute atomic E-state index is 3.90. The summed E-state index contributed by atoms with van der Waals surface area (Å²) in [6.07, 6.45) is 13.9. The first kappa shape index (κ1) is 21.0. The molecule has 0 nitrogen and oxygen atoms in total. The van der Waals surface area contributed by atoms with E-state index in [9.17, 15) is 0 Å². The molecular formula is C20H38Br2. The van der Waals surface area contributed by atoms with Crippen LogP contribution in [-0.4, -0.2) is 10.2 Å². The highest BCUT2D eigenvalue weighted by Crippen LogP contribution is 2.52. The summed E-state index contributed by atoms with van der Waals surface area (Å²) in [4.78, 5) is 0.747. The van der Waals surface area contributed by atoms with Gasteiger partial charge in [-0.3, -0.25) is 0 Å². The van der Waals surface area contributed by atoms with E-state index in [-0.39, 0.29) is 0 Å². The Bertz CT molecular complexity index is 322. The van der Waals surface area contributed by atoms with Gasteiger partial charge in [-0.2, -0.15) is 0 Å². The van der Waals surface area contributed by atoms with E-state index in [0.717, 1.165) is 10.2 Å². The third-order valence-electron chi connectivity index (χ3n) is 6.16. The van der Waals surface area contributed by atoms with Gasteiger partial charge in [0.05, 0.1) is 0 Å². The van der Waals surface area contributed by atoms with E-state index in [1.165, 1.54) is 64.2 Å². The number of hydrogen-bond acceptors (Lipinski definition) is 0. The average molecular weight is 438 g/mol. The molecule has 1 rings (SSSR count). The Kier molecular flexibility index (Phi) is 8.48. The predicted octanol–water partition coefficient (Wildman–Crippen LogP) is 8.12. The minimum Gasteiger partial charge on any atom is -0.0922 e. The van der Waals surface area contributed by atoms with E-state index in [2.05, 4.69) is 66.5 Å². The van der Waals surface area contributed by atoms with Crippen molar-refractivity contribution in [2.75, 3.05) is 5.33 Å². The second-order valence-corrected chi connectivity index (χ2v) is 11.2. The molecule has 0 spiro atoms. The molecule has 0 aromatic heterocycles. The summed E-state index contributed by atoms with van der Waals surface area (Å²) in [7, 11) is 0. The zero-order chi connectivity index (χ0) is 16.9. The lowest BCUT2D eigenvalue weighted by atomic mass is 9.57. The number of alkyl halides is 2. The summed E-state index contributed by atoms with van der Waals surface area (Å²) in [5.74, 6) is 0. The number of halogens is 2. The van der Waals surface area contributed by atoms with Gasteiger partial charge in [-0.1, -0.05) is 98.6 Å². The highest BCUT2D eigenvalue weighted by Gasteiger charge is 2.42. The summed E-state index contributed by atoms with van der Waals surface area (Å²) >= 11 is 7.63. The van der Waals surface area contributed by atoms with Gasteiger partial charge in [0.15, 0.2) is 0 Å². The Morgan fingerprint density at radius 3 is 2.09 bits per heavy atom. The summed E-state index contributed by atoms with van der Waals surface area (Å²) in [5.41, 5.74) is 1.26. The van der Waals surface area contributed by atoms with E-state index >= 15 is 0 Å². The van der Waals surface area contributed by atoms with Gasteiger partial charge in [0, 0.05) is 10.2 Å². The van der Waals surface area contributed by atoms with Crippen molar-refractivity contribution in [1.82, 2.24) is 0 Å². The molecule has 0 aliphatic heterocycles. The zero-order valence-electron chi connectivity index (χ0n) is 15.6. The summed E-state index contributed by atoms with van der Waals surface area (Å²) in [6.45, 7) is 12.5. The van der Waals surface area contributed by atoms with Crippen molar-refractivity contribution in [3.05, 3.63) is 0 Å². The lowest BCUT2D eigenvalue weighted by Crippen LogP contribution is -2.39. The highest BCUT2D eigenvalue weighted by atomic mass is 79.9. The van der Waals surface area contributed by atoms with E-state index in [0.29, 0.717) is 16.2 Å². The van der Waals surface area contributed by atoms with Crippen molar-refractivity contribution in [3.63, 3.8) is 0 Å². The van der Waals surface area contributed by atoms with Crippen LogP contribution < -0.4 is 0 Å². The fourth-order valence-corrected chi connectivity index (χ4v) is 5.20. The first-order chi connectivity index (χ1) is 10.1. The van der Waals surface area contributed by atoms with Crippen LogP contribution >= 0.6 is 31.9 Å². The van der Waals surface area contributed by atoms with Crippen LogP contribution in [0.25, 0.3) is 0 Å². The van der Waals surface area contributed by atoms with Gasteiger partial charge in [0.25, 0.3) is 0 Å². The molecule has 132 valence electrons. The second-order valence-electron chi connectivity index (χ2n) is 9.36. The molecule has 2 unspecified atom stereocenters. The van der Waals surface area contributed by atoms with E-state index in [1.54, 1.807) is 0 Å². The molecule has 0 amide bonds. The van der Waals surface area contributed by atoms with Crippen LogP contribution in [0.4, 0.5) is 0 Å². The average Bonchev–Trinajstić information content (AvgIpc) is 2.44. The molecular weight excluding hydrogens is 400 g/mol. The minimum atomic E-state index is 0.386. The van der Waals surface area contributed by atoms with Crippen molar-refractivity contribution in [2.24, 2.45) is 16.2 Å². The molecule has 1 aliphatic carbocycles. The van der Waals surface area contributed by atoms with Crippen molar-refractivity contribution >= 4 is 31.9 Å². The van der Waals surface area contributed by atoms with Crippen molar-refractivity contribution < 1.29 is 0 Å². The first-order valence-electron chi connectivity index (χ1n) is 9.32. The third kappa shape index (κ3) is 6.46. The fraction of sp³-hybridized carbons (Fsp3) is 1.00. The van der Waals surface area contributed by atoms with Gasteiger partial charge in [-0.25, -0.2) is 0 Å². The molecule has 0 heterocycles. The van der Waals surface area contributed by atoms with Crippen LogP contribution in [-0.2, 0) is 0 Å². The standard InChI is InChI=1S/C20H38Br2/c1-18(2,16-21)15-19(3,4)20(5)13-9-7-6-8-11-17(22)12-10-14-20/h17H,6-16H2,1-5H3. The van der Waals surface area contributed by atoms with Gasteiger partial charge >= 0.3 is 0 Å². The van der Waals surface area contributed by atoms with E-state index in [4.69, 9.17) is 0 Å². The number of hydrogen-bond donors (Lipinski definition) is 0. The third-order valence-corrected chi connectivity index (χ3v) is 8.59. The van der Waals surface area contributed by atoms with Crippen LogP contribution in [0, 0.1) is 16.2 Å². The maximum Gasteiger partial charge on any atom is 0.0145 e. The van der Waals surface area contributed by atoms with Gasteiger partial charge < -0.3 is 0 Å². The smallest absolute Gasteiger partial charge is 0.0145 e. The van der Waals surface area contributed by atoms with Crippen molar-refractivity contribution in [2.45, 2.75) is 104 Å². The van der Waals surface area contributed by atoms with Gasteiger partial charge in [0.2, 0.25) is 0 Å². The molecule has 1 fully saturated rings. The molecule has 1 saturated carbocycles. The Morgan fingerprint density at radius 1 is 0.909 bits per heavy atom. The Hall–Kier alpha value is 0.960. The minimum absolute atomic E-state index is 0.386. The Labute approximate surface area is 156 Å². The molecule has 2 atom stereocenters. The summed E-state index contributed by atoms with van der Waals surface area (Å²) in [5, 5.41) is 1.10. The molecule has 0 saturated heterocycles. The fourth-order valence-electron chi connectivity index (χ4n) is 4.35. The molecule has 0 aromatic carbocycles. The molecule has 1 aliphatic rings. The molecule has 0 N–H and O–H groups in total. The second kappa shape index (κ2) is 8.88. The lowest BCUT2D eigenvalue weighted by Gasteiger charge is -2.48. The molecule has 22 heavy (non-hydrogen) atoms. The number of rotatable bonds is 4. The van der Waals surface area contributed by atoms with Crippen LogP contribution in [0.3, 0.4) is 0 Å². The topological polar surface area (TPSA) is 0 Å². The lowest BCUT2D eigenvalue weighted by molar-refractivity contribution is 0.0237. The highest BCUT2D eigenvalue weighted by molar-refractivity contribution is 9.09. The predicted molar refractivity (Wildman–Crippen MR) is 108 cm³/mol. The zero-order valence-corrected chi connectivity index (χ0v) is 18.8.